The first-order valence-corrected chi connectivity index (χ1v) is 10.7. The van der Waals surface area contributed by atoms with Gasteiger partial charge in [-0.05, 0) is 42.2 Å². The molecule has 0 fully saturated rings. The second-order valence-electron chi connectivity index (χ2n) is 6.53. The first kappa shape index (κ1) is 21.0. The fraction of sp³-hybridized carbons (Fsp3) is 0.368. The zero-order valence-corrected chi connectivity index (χ0v) is 17.3. The summed E-state index contributed by atoms with van der Waals surface area (Å²) < 4.78 is 33.4. The Morgan fingerprint density at radius 2 is 1.62 bits per heavy atom. The van der Waals surface area contributed by atoms with Gasteiger partial charge in [-0.25, -0.2) is 13.1 Å². The van der Waals surface area contributed by atoms with Crippen LogP contribution in [0.25, 0.3) is 0 Å². The summed E-state index contributed by atoms with van der Waals surface area (Å²) in [5, 5.41) is 0.681. The minimum atomic E-state index is -3.64. The Balaban J connectivity index is 2.25. The molecule has 0 aliphatic rings. The van der Waals surface area contributed by atoms with Gasteiger partial charge in [0.05, 0.1) is 12.9 Å². The predicted octanol–water partition coefficient (Wildman–Crippen LogP) is 5.21. The van der Waals surface area contributed by atoms with Gasteiger partial charge in [0.25, 0.3) is 0 Å². The van der Waals surface area contributed by atoms with E-state index in [1.807, 2.05) is 24.3 Å². The van der Waals surface area contributed by atoms with E-state index in [0.29, 0.717) is 27.9 Å². The minimum Gasteiger partial charge on any atom is -0.497 e. The molecular formula is C19H23Cl2NO3S. The van der Waals surface area contributed by atoms with Crippen molar-refractivity contribution in [1.29, 1.82) is 0 Å². The summed E-state index contributed by atoms with van der Waals surface area (Å²) in [6, 6.07) is 12.0. The monoisotopic (exact) mass is 415 g/mol. The third-order valence-electron chi connectivity index (χ3n) is 3.94. The van der Waals surface area contributed by atoms with Gasteiger partial charge in [0.2, 0.25) is 10.0 Å². The van der Waals surface area contributed by atoms with E-state index in [2.05, 4.69) is 18.6 Å². The van der Waals surface area contributed by atoms with Gasteiger partial charge in [-0.3, -0.25) is 0 Å². The average Bonchev–Trinajstić information content (AvgIpc) is 2.57. The Bertz CT molecular complexity index is 816. The molecule has 26 heavy (non-hydrogen) atoms. The van der Waals surface area contributed by atoms with Crippen LogP contribution in [0, 0.1) is 5.92 Å². The minimum absolute atomic E-state index is 0.268. The molecule has 1 N–H and O–H groups in total. The normalized spacial score (nSPS) is 13.0. The van der Waals surface area contributed by atoms with Crippen LogP contribution in [0.4, 0.5) is 0 Å². The highest BCUT2D eigenvalue weighted by Gasteiger charge is 2.23. The quantitative estimate of drug-likeness (QED) is 0.643. The number of methoxy groups -OCH3 is 1. The summed E-state index contributed by atoms with van der Waals surface area (Å²) in [7, 11) is -2.04. The van der Waals surface area contributed by atoms with Crippen LogP contribution in [-0.2, 0) is 15.8 Å². The Kier molecular flexibility index (Phi) is 7.35. The maximum atomic E-state index is 12.7. The van der Waals surface area contributed by atoms with Gasteiger partial charge < -0.3 is 4.74 Å². The molecule has 0 aliphatic carbocycles. The van der Waals surface area contributed by atoms with Gasteiger partial charge in [0.15, 0.2) is 0 Å². The number of benzene rings is 2. The SMILES string of the molecule is COc1ccc(C(CC(C)C)NS(=O)(=O)Cc2c(Cl)cccc2Cl)cc1. The summed E-state index contributed by atoms with van der Waals surface area (Å²) in [5.74, 6) is 0.771. The lowest BCUT2D eigenvalue weighted by molar-refractivity contribution is 0.414. The van der Waals surface area contributed by atoms with Crippen LogP contribution in [-0.4, -0.2) is 15.5 Å². The number of rotatable bonds is 8. The van der Waals surface area contributed by atoms with Gasteiger partial charge in [-0.1, -0.05) is 55.2 Å². The van der Waals surface area contributed by atoms with Crippen LogP contribution in [0.15, 0.2) is 42.5 Å². The maximum absolute atomic E-state index is 12.7. The summed E-state index contributed by atoms with van der Waals surface area (Å²) in [5.41, 5.74) is 1.29. The van der Waals surface area contributed by atoms with E-state index in [1.54, 1.807) is 25.3 Å². The second-order valence-corrected chi connectivity index (χ2v) is 9.10. The fourth-order valence-electron chi connectivity index (χ4n) is 2.68. The van der Waals surface area contributed by atoms with E-state index < -0.39 is 10.0 Å². The molecular weight excluding hydrogens is 393 g/mol. The molecule has 2 aromatic rings. The van der Waals surface area contributed by atoms with Crippen molar-refractivity contribution in [3.05, 3.63) is 63.6 Å². The molecule has 1 atom stereocenters. The lowest BCUT2D eigenvalue weighted by atomic mass is 9.98. The van der Waals surface area contributed by atoms with Crippen LogP contribution in [0.2, 0.25) is 10.0 Å². The zero-order valence-electron chi connectivity index (χ0n) is 15.0. The molecule has 0 aliphatic heterocycles. The van der Waals surface area contributed by atoms with E-state index in [1.165, 1.54) is 0 Å². The first-order valence-electron chi connectivity index (χ1n) is 8.28. The number of hydrogen-bond acceptors (Lipinski definition) is 3. The van der Waals surface area contributed by atoms with E-state index in [0.717, 1.165) is 11.3 Å². The molecule has 2 aromatic carbocycles. The van der Waals surface area contributed by atoms with Crippen molar-refractivity contribution in [1.82, 2.24) is 4.72 Å². The molecule has 0 bridgehead atoms. The van der Waals surface area contributed by atoms with Crippen molar-refractivity contribution in [3.8, 4) is 5.75 Å². The third-order valence-corrected chi connectivity index (χ3v) is 5.96. The smallest absolute Gasteiger partial charge is 0.216 e. The van der Waals surface area contributed by atoms with Crippen LogP contribution in [0.1, 0.15) is 37.4 Å². The Hall–Kier alpha value is -1.27. The Morgan fingerprint density at radius 1 is 1.04 bits per heavy atom. The lowest BCUT2D eigenvalue weighted by Gasteiger charge is -2.22. The van der Waals surface area contributed by atoms with Crippen molar-refractivity contribution >= 4 is 33.2 Å². The van der Waals surface area contributed by atoms with Crippen molar-refractivity contribution in [3.63, 3.8) is 0 Å². The van der Waals surface area contributed by atoms with Crippen molar-refractivity contribution in [2.75, 3.05) is 7.11 Å². The van der Waals surface area contributed by atoms with Crippen LogP contribution in [0.3, 0.4) is 0 Å². The number of halogens is 2. The highest BCUT2D eigenvalue weighted by molar-refractivity contribution is 7.88. The molecule has 142 valence electrons. The molecule has 0 saturated heterocycles. The summed E-state index contributed by atoms with van der Waals surface area (Å²) in [6.45, 7) is 4.10. The fourth-order valence-corrected chi connectivity index (χ4v) is 4.81. The molecule has 0 saturated carbocycles. The summed E-state index contributed by atoms with van der Waals surface area (Å²) in [6.07, 6.45) is 0.668. The predicted molar refractivity (Wildman–Crippen MR) is 107 cm³/mol. The van der Waals surface area contributed by atoms with E-state index in [4.69, 9.17) is 27.9 Å². The third kappa shape index (κ3) is 5.88. The van der Waals surface area contributed by atoms with Crippen LogP contribution < -0.4 is 9.46 Å². The highest BCUT2D eigenvalue weighted by Crippen LogP contribution is 2.28. The Morgan fingerprint density at radius 3 is 2.12 bits per heavy atom. The highest BCUT2D eigenvalue weighted by atomic mass is 35.5. The van der Waals surface area contributed by atoms with Gasteiger partial charge in [-0.15, -0.1) is 0 Å². The van der Waals surface area contributed by atoms with Crippen molar-refractivity contribution < 1.29 is 13.2 Å². The van der Waals surface area contributed by atoms with E-state index in [-0.39, 0.29) is 11.8 Å². The average molecular weight is 416 g/mol. The molecule has 1 unspecified atom stereocenters. The molecule has 0 radical (unpaired) electrons. The maximum Gasteiger partial charge on any atom is 0.216 e. The number of nitrogens with one attached hydrogen (secondary N) is 1. The van der Waals surface area contributed by atoms with Gasteiger partial charge >= 0.3 is 0 Å². The number of hydrogen-bond donors (Lipinski definition) is 1. The topological polar surface area (TPSA) is 55.4 Å². The lowest BCUT2D eigenvalue weighted by Crippen LogP contribution is -2.30. The molecule has 7 heteroatoms. The van der Waals surface area contributed by atoms with E-state index in [9.17, 15) is 8.42 Å². The molecule has 0 heterocycles. The van der Waals surface area contributed by atoms with Crippen molar-refractivity contribution in [2.24, 2.45) is 5.92 Å². The standard InChI is InChI=1S/C19H23Cl2NO3S/c1-13(2)11-19(14-7-9-15(25-3)10-8-14)22-26(23,24)12-16-17(20)5-4-6-18(16)21/h4-10,13,19,22H,11-12H2,1-3H3. The van der Waals surface area contributed by atoms with Crippen LogP contribution >= 0.6 is 23.2 Å². The van der Waals surface area contributed by atoms with Crippen LogP contribution in [0.5, 0.6) is 5.75 Å². The Labute approximate surface area is 165 Å². The largest absolute Gasteiger partial charge is 0.497 e. The van der Waals surface area contributed by atoms with Gasteiger partial charge in [0.1, 0.15) is 5.75 Å². The molecule has 2 rings (SSSR count). The van der Waals surface area contributed by atoms with Gasteiger partial charge in [-0.2, -0.15) is 0 Å². The zero-order chi connectivity index (χ0) is 19.3. The molecule has 0 spiro atoms. The molecule has 0 amide bonds. The number of ether oxygens (including phenoxy) is 1. The van der Waals surface area contributed by atoms with Gasteiger partial charge in [0, 0.05) is 21.7 Å². The van der Waals surface area contributed by atoms with Crippen molar-refractivity contribution in [2.45, 2.75) is 32.1 Å². The first-order chi connectivity index (χ1) is 12.2. The summed E-state index contributed by atoms with van der Waals surface area (Å²) in [4.78, 5) is 0. The molecule has 0 aromatic heterocycles. The molecule has 4 nitrogen and oxygen atoms in total. The van der Waals surface area contributed by atoms with E-state index >= 15 is 0 Å². The second kappa shape index (κ2) is 9.09. The number of sulfonamides is 1. The summed E-state index contributed by atoms with van der Waals surface area (Å²) >= 11 is 12.2.